The highest BCUT2D eigenvalue weighted by Gasteiger charge is 2.37. The first-order chi connectivity index (χ1) is 13.6. The summed E-state index contributed by atoms with van der Waals surface area (Å²) in [6, 6.07) is 17.5. The van der Waals surface area contributed by atoms with Crippen LogP contribution < -0.4 is 0 Å². The molecule has 0 spiro atoms. The van der Waals surface area contributed by atoms with E-state index in [9.17, 15) is 14.9 Å². The number of benzene rings is 2. The van der Waals surface area contributed by atoms with Gasteiger partial charge in [-0.15, -0.1) is 11.3 Å². The third-order valence-electron chi connectivity index (χ3n) is 4.83. The van der Waals surface area contributed by atoms with Gasteiger partial charge in [-0.25, -0.2) is 4.79 Å². The van der Waals surface area contributed by atoms with Crippen molar-refractivity contribution in [2.45, 2.75) is 19.1 Å². The summed E-state index contributed by atoms with van der Waals surface area (Å²) in [5, 5.41) is 13.5. The number of nitrogens with zero attached hydrogens (tertiary/aromatic N) is 2. The molecule has 3 aromatic rings. The summed E-state index contributed by atoms with van der Waals surface area (Å²) in [5.74, 6) is 0. The predicted octanol–water partition coefficient (Wildman–Crippen LogP) is 4.94. The number of nitro groups is 1. The first kappa shape index (κ1) is 18.2. The summed E-state index contributed by atoms with van der Waals surface area (Å²) in [7, 11) is 0. The zero-order valence-electron chi connectivity index (χ0n) is 15.0. The van der Waals surface area contributed by atoms with Crippen molar-refractivity contribution >= 4 is 23.1 Å². The number of amides is 1. The summed E-state index contributed by atoms with van der Waals surface area (Å²) in [5.41, 5.74) is 2.34. The van der Waals surface area contributed by atoms with Gasteiger partial charge >= 0.3 is 6.09 Å². The number of nitro benzene ring substituents is 1. The Balaban J connectivity index is 1.66. The van der Waals surface area contributed by atoms with Crippen LogP contribution in [0.3, 0.4) is 0 Å². The lowest BCUT2D eigenvalue weighted by Crippen LogP contribution is -2.40. The summed E-state index contributed by atoms with van der Waals surface area (Å²) < 4.78 is 5.53. The van der Waals surface area contributed by atoms with Gasteiger partial charge in [0.2, 0.25) is 0 Å². The Bertz CT molecular complexity index is 1000. The molecule has 7 heteroatoms. The molecule has 0 aliphatic carbocycles. The highest BCUT2D eigenvalue weighted by atomic mass is 32.1. The number of carbonyl (C=O) groups is 1. The lowest BCUT2D eigenvalue weighted by Gasteiger charge is -2.35. The second kappa shape index (κ2) is 7.82. The Morgan fingerprint density at radius 2 is 1.86 bits per heavy atom. The van der Waals surface area contributed by atoms with E-state index in [1.807, 2.05) is 41.8 Å². The van der Waals surface area contributed by atoms with Crippen molar-refractivity contribution in [1.29, 1.82) is 0 Å². The van der Waals surface area contributed by atoms with E-state index in [1.54, 1.807) is 34.4 Å². The highest BCUT2D eigenvalue weighted by molar-refractivity contribution is 7.10. The van der Waals surface area contributed by atoms with Crippen LogP contribution >= 0.6 is 11.3 Å². The molecule has 28 heavy (non-hydrogen) atoms. The molecule has 1 aliphatic heterocycles. The number of rotatable bonds is 4. The van der Waals surface area contributed by atoms with Crippen molar-refractivity contribution in [3.05, 3.63) is 97.7 Å². The molecule has 2 heterocycles. The molecule has 0 radical (unpaired) electrons. The van der Waals surface area contributed by atoms with Crippen molar-refractivity contribution in [1.82, 2.24) is 4.90 Å². The first-order valence-corrected chi connectivity index (χ1v) is 9.80. The lowest BCUT2D eigenvalue weighted by molar-refractivity contribution is -0.385. The Labute approximate surface area is 166 Å². The molecular weight excluding hydrogens is 376 g/mol. The van der Waals surface area contributed by atoms with Gasteiger partial charge in [0.15, 0.2) is 0 Å². The summed E-state index contributed by atoms with van der Waals surface area (Å²) in [6.07, 6.45) is 0.244. The number of hydrogen-bond acceptors (Lipinski definition) is 5. The molecule has 2 aromatic carbocycles. The molecule has 6 nitrogen and oxygen atoms in total. The van der Waals surface area contributed by atoms with Gasteiger partial charge in [-0.2, -0.15) is 0 Å². The summed E-state index contributed by atoms with van der Waals surface area (Å²) in [4.78, 5) is 26.8. The third-order valence-corrected chi connectivity index (χ3v) is 5.83. The fourth-order valence-corrected chi connectivity index (χ4v) is 4.44. The van der Waals surface area contributed by atoms with E-state index < -0.39 is 17.1 Å². The molecular formula is C21H18N2O4S. The van der Waals surface area contributed by atoms with E-state index in [1.165, 1.54) is 6.07 Å². The molecule has 1 aromatic heterocycles. The number of fused-ring (bicyclic) bond motifs is 1. The lowest BCUT2D eigenvalue weighted by atomic mass is 9.92. The zero-order chi connectivity index (χ0) is 19.5. The van der Waals surface area contributed by atoms with Gasteiger partial charge in [-0.3, -0.25) is 15.0 Å². The molecule has 0 N–H and O–H groups in total. The van der Waals surface area contributed by atoms with Gasteiger partial charge in [-0.05, 0) is 35.1 Å². The van der Waals surface area contributed by atoms with Gasteiger partial charge < -0.3 is 4.74 Å². The Kier molecular flexibility index (Phi) is 5.08. The molecule has 1 atom stereocenters. The molecule has 142 valence electrons. The first-order valence-electron chi connectivity index (χ1n) is 8.92. The van der Waals surface area contributed by atoms with Crippen LogP contribution in [0.25, 0.3) is 0 Å². The van der Waals surface area contributed by atoms with E-state index in [0.717, 1.165) is 16.0 Å². The average Bonchev–Trinajstić information content (AvgIpc) is 3.21. The number of hydrogen-bond donors (Lipinski definition) is 0. The minimum atomic E-state index is -0.528. The van der Waals surface area contributed by atoms with Crippen LogP contribution in [-0.4, -0.2) is 22.5 Å². The topological polar surface area (TPSA) is 72.7 Å². The molecule has 1 unspecified atom stereocenters. The Morgan fingerprint density at radius 3 is 2.64 bits per heavy atom. The van der Waals surface area contributed by atoms with E-state index in [0.29, 0.717) is 18.5 Å². The van der Waals surface area contributed by atoms with Gasteiger partial charge in [-0.1, -0.05) is 42.5 Å². The largest absolute Gasteiger partial charge is 0.445 e. The van der Waals surface area contributed by atoms with Crippen molar-refractivity contribution in [2.24, 2.45) is 0 Å². The number of carbonyl (C=O) groups excluding carboxylic acids is 1. The van der Waals surface area contributed by atoms with E-state index in [2.05, 4.69) is 0 Å². The number of thiophene rings is 1. The second-order valence-corrected chi connectivity index (χ2v) is 7.50. The van der Waals surface area contributed by atoms with Gasteiger partial charge in [0.25, 0.3) is 5.69 Å². The minimum Gasteiger partial charge on any atom is -0.445 e. The highest BCUT2D eigenvalue weighted by Crippen LogP contribution is 2.41. The Morgan fingerprint density at radius 1 is 1.11 bits per heavy atom. The van der Waals surface area contributed by atoms with Crippen molar-refractivity contribution in [3.63, 3.8) is 0 Å². The monoisotopic (exact) mass is 394 g/mol. The van der Waals surface area contributed by atoms with Gasteiger partial charge in [0.05, 0.1) is 16.5 Å². The molecule has 0 bridgehead atoms. The van der Waals surface area contributed by atoms with E-state index >= 15 is 0 Å². The van der Waals surface area contributed by atoms with Crippen LogP contribution in [0.5, 0.6) is 0 Å². The predicted molar refractivity (Wildman–Crippen MR) is 106 cm³/mol. The molecule has 1 aliphatic rings. The van der Waals surface area contributed by atoms with Crippen molar-refractivity contribution in [2.75, 3.05) is 6.54 Å². The van der Waals surface area contributed by atoms with Crippen LogP contribution in [-0.2, 0) is 17.8 Å². The minimum absolute atomic E-state index is 0.00686. The van der Waals surface area contributed by atoms with E-state index in [-0.39, 0.29) is 12.3 Å². The second-order valence-electron chi connectivity index (χ2n) is 6.50. The molecule has 0 saturated carbocycles. The fraction of sp³-hybridized carbons (Fsp3) is 0.190. The maximum Gasteiger partial charge on any atom is 0.410 e. The van der Waals surface area contributed by atoms with Crippen LogP contribution in [0.15, 0.2) is 66.0 Å². The zero-order valence-corrected chi connectivity index (χ0v) is 15.8. The fourth-order valence-electron chi connectivity index (χ4n) is 3.54. The van der Waals surface area contributed by atoms with Crippen molar-refractivity contribution in [3.8, 4) is 0 Å². The van der Waals surface area contributed by atoms with Gasteiger partial charge in [0.1, 0.15) is 6.61 Å². The standard InChI is InChI=1S/C21H18N2O4S/c24-21(27-14-15-6-2-1-3-7-15)22-12-10-19-17(11-13-28-19)20(22)16-8-4-5-9-18(16)23(25)26/h1-9,11,13,20H,10,12,14H2. The van der Waals surface area contributed by atoms with Crippen molar-refractivity contribution < 1.29 is 14.5 Å². The molecule has 1 amide bonds. The number of para-hydroxylation sites is 1. The van der Waals surface area contributed by atoms with Crippen LogP contribution in [0, 0.1) is 10.1 Å². The SMILES string of the molecule is O=C(OCc1ccccc1)N1CCc2sccc2C1c1ccccc1[N+](=O)[O-]. The summed E-state index contributed by atoms with van der Waals surface area (Å²) in [6.45, 7) is 0.619. The summed E-state index contributed by atoms with van der Waals surface area (Å²) >= 11 is 1.61. The van der Waals surface area contributed by atoms with Gasteiger partial charge in [0, 0.05) is 17.5 Å². The quantitative estimate of drug-likeness (QED) is 0.464. The average molecular weight is 394 g/mol. The normalized spacial score (nSPS) is 15.7. The maximum absolute atomic E-state index is 12.9. The van der Waals surface area contributed by atoms with Crippen LogP contribution in [0.1, 0.15) is 27.6 Å². The van der Waals surface area contributed by atoms with Crippen LogP contribution in [0.4, 0.5) is 10.5 Å². The molecule has 0 fully saturated rings. The van der Waals surface area contributed by atoms with E-state index in [4.69, 9.17) is 4.74 Å². The van der Waals surface area contributed by atoms with Crippen LogP contribution in [0.2, 0.25) is 0 Å². The maximum atomic E-state index is 12.9. The third kappa shape index (κ3) is 3.48. The Hall–Kier alpha value is -3.19. The molecule has 0 saturated heterocycles. The smallest absolute Gasteiger partial charge is 0.410 e. The molecule has 4 rings (SSSR count). The number of ether oxygens (including phenoxy) is 1.